The molecule has 0 bridgehead atoms. The second-order valence-electron chi connectivity index (χ2n) is 4.63. The van der Waals surface area contributed by atoms with Gasteiger partial charge in [-0.3, -0.25) is 4.79 Å². The summed E-state index contributed by atoms with van der Waals surface area (Å²) in [5.74, 6) is -0.0268. The molecule has 1 N–H and O–H groups in total. The molecule has 0 unspecified atom stereocenters. The number of amides is 1. The number of hydrogen-bond acceptors (Lipinski definition) is 3. The Kier molecular flexibility index (Phi) is 4.07. The summed E-state index contributed by atoms with van der Waals surface area (Å²) in [7, 11) is 0. The predicted molar refractivity (Wildman–Crippen MR) is 71.9 cm³/mol. The van der Waals surface area contributed by atoms with E-state index in [1.54, 1.807) is 0 Å². The Labute approximate surface area is 116 Å². The van der Waals surface area contributed by atoms with Crippen LogP contribution in [0.3, 0.4) is 0 Å². The molecule has 0 aromatic carbocycles. The number of anilines is 1. The van der Waals surface area contributed by atoms with Gasteiger partial charge in [-0.25, -0.2) is 9.97 Å². The third-order valence-electron chi connectivity index (χ3n) is 3.71. The Hall–Kier alpha value is -0.870. The lowest BCUT2D eigenvalue weighted by molar-refractivity contribution is -0.125. The van der Waals surface area contributed by atoms with Crippen LogP contribution in [0.4, 0.5) is 5.69 Å². The van der Waals surface area contributed by atoms with Crippen LogP contribution < -0.4 is 5.32 Å². The lowest BCUT2D eigenvalue weighted by Crippen LogP contribution is -2.33. The first kappa shape index (κ1) is 13.6. The number of aromatic nitrogens is 2. The Morgan fingerprint density at radius 3 is 2.39 bits per heavy atom. The largest absolute Gasteiger partial charge is 0.320 e. The van der Waals surface area contributed by atoms with Gasteiger partial charge in [0.25, 0.3) is 0 Å². The zero-order valence-electron chi connectivity index (χ0n) is 10.2. The molecule has 1 saturated carbocycles. The van der Waals surface area contributed by atoms with E-state index in [-0.39, 0.29) is 21.6 Å². The van der Waals surface area contributed by atoms with Crippen molar-refractivity contribution >= 4 is 34.8 Å². The third-order valence-corrected chi connectivity index (χ3v) is 4.29. The summed E-state index contributed by atoms with van der Waals surface area (Å²) in [6.07, 6.45) is 6.10. The van der Waals surface area contributed by atoms with Gasteiger partial charge in [0, 0.05) is 5.41 Å². The standard InChI is InChI=1S/C12H15Cl2N3O/c1-2-12(5-3-4-6-12)11(18)17-8-9(13)15-7-16-10(8)14/h7H,2-6H2,1H3,(H,17,18). The van der Waals surface area contributed by atoms with Crippen molar-refractivity contribution in [2.45, 2.75) is 39.0 Å². The van der Waals surface area contributed by atoms with Gasteiger partial charge in [-0.2, -0.15) is 0 Å². The van der Waals surface area contributed by atoms with Crippen molar-refractivity contribution in [2.24, 2.45) is 5.41 Å². The number of carbonyl (C=O) groups excluding carboxylic acids is 1. The summed E-state index contributed by atoms with van der Waals surface area (Å²) in [6, 6.07) is 0. The van der Waals surface area contributed by atoms with E-state index in [9.17, 15) is 4.79 Å². The van der Waals surface area contributed by atoms with E-state index >= 15 is 0 Å². The minimum atomic E-state index is -0.289. The van der Waals surface area contributed by atoms with Crippen LogP contribution in [-0.2, 0) is 4.79 Å². The van der Waals surface area contributed by atoms with Gasteiger partial charge < -0.3 is 5.32 Å². The molecule has 4 nitrogen and oxygen atoms in total. The third kappa shape index (κ3) is 2.45. The van der Waals surface area contributed by atoms with Gasteiger partial charge in [0.2, 0.25) is 5.91 Å². The summed E-state index contributed by atoms with van der Waals surface area (Å²) >= 11 is 11.8. The fraction of sp³-hybridized carbons (Fsp3) is 0.583. The van der Waals surface area contributed by atoms with E-state index in [0.717, 1.165) is 32.1 Å². The number of rotatable bonds is 3. The zero-order valence-corrected chi connectivity index (χ0v) is 11.7. The highest BCUT2D eigenvalue weighted by Gasteiger charge is 2.39. The van der Waals surface area contributed by atoms with Crippen LogP contribution in [0.15, 0.2) is 6.33 Å². The van der Waals surface area contributed by atoms with Crippen LogP contribution in [-0.4, -0.2) is 15.9 Å². The smallest absolute Gasteiger partial charge is 0.230 e. The summed E-state index contributed by atoms with van der Waals surface area (Å²) in [5.41, 5.74) is 0.0215. The Morgan fingerprint density at radius 2 is 1.89 bits per heavy atom. The van der Waals surface area contributed by atoms with E-state index in [1.807, 2.05) is 6.92 Å². The molecule has 1 aromatic rings. The van der Waals surface area contributed by atoms with Gasteiger partial charge in [-0.1, -0.05) is 43.0 Å². The minimum Gasteiger partial charge on any atom is -0.320 e. The number of carbonyl (C=O) groups is 1. The van der Waals surface area contributed by atoms with Crippen LogP contribution in [0.5, 0.6) is 0 Å². The molecule has 1 aromatic heterocycles. The van der Waals surface area contributed by atoms with Crippen LogP contribution in [0.25, 0.3) is 0 Å². The molecule has 2 rings (SSSR count). The molecular weight excluding hydrogens is 273 g/mol. The molecular formula is C12H15Cl2N3O. The maximum atomic E-state index is 12.4. The van der Waals surface area contributed by atoms with Crippen LogP contribution in [0.2, 0.25) is 10.3 Å². The highest BCUT2D eigenvalue weighted by molar-refractivity contribution is 6.38. The van der Waals surface area contributed by atoms with Gasteiger partial charge in [0.15, 0.2) is 10.3 Å². The van der Waals surface area contributed by atoms with Crippen LogP contribution >= 0.6 is 23.2 Å². The SMILES string of the molecule is CCC1(C(=O)Nc2c(Cl)ncnc2Cl)CCCC1. The molecule has 98 valence electrons. The minimum absolute atomic E-state index is 0.0268. The van der Waals surface area contributed by atoms with Crippen molar-refractivity contribution in [3.8, 4) is 0 Å². The fourth-order valence-corrected chi connectivity index (χ4v) is 2.90. The van der Waals surface area contributed by atoms with Crippen molar-refractivity contribution in [3.05, 3.63) is 16.6 Å². The van der Waals surface area contributed by atoms with Gasteiger partial charge in [0.1, 0.15) is 12.0 Å². The predicted octanol–water partition coefficient (Wildman–Crippen LogP) is 3.69. The molecule has 18 heavy (non-hydrogen) atoms. The first-order valence-corrected chi connectivity index (χ1v) is 6.82. The Balaban J connectivity index is 2.21. The lowest BCUT2D eigenvalue weighted by atomic mass is 9.82. The maximum absolute atomic E-state index is 12.4. The summed E-state index contributed by atoms with van der Waals surface area (Å²) in [5, 5.41) is 3.13. The summed E-state index contributed by atoms with van der Waals surface area (Å²) < 4.78 is 0. The summed E-state index contributed by atoms with van der Waals surface area (Å²) in [4.78, 5) is 20.0. The van der Waals surface area contributed by atoms with Gasteiger partial charge in [0.05, 0.1) is 0 Å². The molecule has 0 radical (unpaired) electrons. The number of halogens is 2. The summed E-state index contributed by atoms with van der Waals surface area (Å²) in [6.45, 7) is 2.04. The van der Waals surface area contributed by atoms with Crippen molar-refractivity contribution in [1.29, 1.82) is 0 Å². The monoisotopic (exact) mass is 287 g/mol. The van der Waals surface area contributed by atoms with Gasteiger partial charge >= 0.3 is 0 Å². The van der Waals surface area contributed by atoms with Crippen LogP contribution in [0.1, 0.15) is 39.0 Å². The molecule has 0 spiro atoms. The lowest BCUT2D eigenvalue weighted by Gasteiger charge is -2.26. The zero-order chi connectivity index (χ0) is 13.2. The van der Waals surface area contributed by atoms with Gasteiger partial charge in [-0.15, -0.1) is 0 Å². The molecule has 1 amide bonds. The van der Waals surface area contributed by atoms with Gasteiger partial charge in [-0.05, 0) is 19.3 Å². The van der Waals surface area contributed by atoms with E-state index in [4.69, 9.17) is 23.2 Å². The molecule has 1 aliphatic rings. The van der Waals surface area contributed by atoms with Crippen molar-refractivity contribution in [2.75, 3.05) is 5.32 Å². The molecule has 0 saturated heterocycles. The van der Waals surface area contributed by atoms with E-state index in [2.05, 4.69) is 15.3 Å². The first-order valence-electron chi connectivity index (χ1n) is 6.06. The quantitative estimate of drug-likeness (QED) is 0.863. The highest BCUT2D eigenvalue weighted by Crippen LogP contribution is 2.42. The maximum Gasteiger partial charge on any atom is 0.230 e. The molecule has 1 aliphatic carbocycles. The van der Waals surface area contributed by atoms with E-state index < -0.39 is 0 Å². The van der Waals surface area contributed by atoms with Crippen molar-refractivity contribution in [3.63, 3.8) is 0 Å². The molecule has 6 heteroatoms. The second-order valence-corrected chi connectivity index (χ2v) is 5.34. The molecule has 0 aliphatic heterocycles. The number of nitrogens with one attached hydrogen (secondary N) is 1. The average Bonchev–Trinajstić information content (AvgIpc) is 2.84. The Morgan fingerprint density at radius 1 is 1.33 bits per heavy atom. The average molecular weight is 288 g/mol. The molecule has 1 heterocycles. The topological polar surface area (TPSA) is 54.9 Å². The first-order chi connectivity index (χ1) is 8.59. The van der Waals surface area contributed by atoms with E-state index in [0.29, 0.717) is 5.69 Å². The van der Waals surface area contributed by atoms with Crippen molar-refractivity contribution < 1.29 is 4.79 Å². The number of nitrogens with zero attached hydrogens (tertiary/aromatic N) is 2. The number of hydrogen-bond donors (Lipinski definition) is 1. The highest BCUT2D eigenvalue weighted by atomic mass is 35.5. The molecule has 0 atom stereocenters. The second kappa shape index (κ2) is 5.41. The fourth-order valence-electron chi connectivity index (χ4n) is 2.49. The van der Waals surface area contributed by atoms with Crippen LogP contribution in [0, 0.1) is 5.41 Å². The van der Waals surface area contributed by atoms with E-state index in [1.165, 1.54) is 6.33 Å². The molecule has 1 fully saturated rings. The normalized spacial score (nSPS) is 17.7. The Bertz CT molecular complexity index is 438. The van der Waals surface area contributed by atoms with Crippen molar-refractivity contribution in [1.82, 2.24) is 9.97 Å².